The maximum Gasteiger partial charge on any atom is 0.897 e. The Bertz CT molecular complexity index is 284. The highest BCUT2D eigenvalue weighted by atomic mass is 16.7. The van der Waals surface area contributed by atoms with Gasteiger partial charge in [-0.05, 0) is 17.2 Å². The fourth-order valence-corrected chi connectivity index (χ4v) is 0.676. The Morgan fingerprint density at radius 3 is 1.83 bits per heavy atom. The van der Waals surface area contributed by atoms with Gasteiger partial charge in [0.15, 0.2) is 0 Å². The summed E-state index contributed by atoms with van der Waals surface area (Å²) in [5, 5.41) is 24.0. The van der Waals surface area contributed by atoms with Crippen LogP contribution < -0.4 is 0 Å². The highest BCUT2D eigenvalue weighted by Crippen LogP contribution is 2.32. The SMILES string of the molecule is O=[N+]([O-])B(O)O.c1cc2cc-2c1. The van der Waals surface area contributed by atoms with Gasteiger partial charge in [0, 0.05) is 4.83 Å². The minimum Gasteiger partial charge on any atom is -0.358 e. The maximum atomic E-state index is 9.00. The van der Waals surface area contributed by atoms with Crippen LogP contribution >= 0.6 is 0 Å². The van der Waals surface area contributed by atoms with Crippen LogP contribution in [0.2, 0.25) is 0 Å². The van der Waals surface area contributed by atoms with Gasteiger partial charge in [0.2, 0.25) is 0 Å². The van der Waals surface area contributed by atoms with Gasteiger partial charge in [-0.3, -0.25) is 10.1 Å². The lowest BCUT2D eigenvalue weighted by molar-refractivity contribution is -0.366. The minimum absolute atomic E-state index is 1.22. The second-order valence-electron chi connectivity index (χ2n) is 2.21. The summed E-state index contributed by atoms with van der Waals surface area (Å²) in [5.41, 5.74) is 2.85. The molecule has 0 aromatic carbocycles. The molecule has 0 saturated carbocycles. The molecular weight excluding hydrogens is 161 g/mol. The van der Waals surface area contributed by atoms with Crippen molar-refractivity contribution in [2.75, 3.05) is 0 Å². The predicted octanol–water partition coefficient (Wildman–Crippen LogP) is -0.100. The van der Waals surface area contributed by atoms with Crippen molar-refractivity contribution in [2.45, 2.75) is 0 Å². The molecular formula is C6H6BNO4. The zero-order valence-corrected chi connectivity index (χ0v) is 6.04. The first-order valence-electron chi connectivity index (χ1n) is 3.21. The molecule has 0 spiro atoms. The lowest BCUT2D eigenvalue weighted by atomic mass is 10.2. The van der Waals surface area contributed by atoms with E-state index >= 15 is 0 Å². The molecule has 0 saturated heterocycles. The van der Waals surface area contributed by atoms with Gasteiger partial charge in [-0.2, -0.15) is 0 Å². The van der Waals surface area contributed by atoms with Crippen molar-refractivity contribution in [3.63, 3.8) is 0 Å². The highest BCUT2D eigenvalue weighted by molar-refractivity contribution is 6.30. The molecule has 5 nitrogen and oxygen atoms in total. The molecule has 0 radical (unpaired) electrons. The van der Waals surface area contributed by atoms with E-state index in [2.05, 4.69) is 24.3 Å². The first kappa shape index (κ1) is 8.70. The maximum absolute atomic E-state index is 9.00. The van der Waals surface area contributed by atoms with E-state index in [1.807, 2.05) is 0 Å². The number of fused-ring (bicyclic) bond motifs is 1. The summed E-state index contributed by atoms with van der Waals surface area (Å²) in [6, 6.07) is 8.48. The van der Waals surface area contributed by atoms with Gasteiger partial charge < -0.3 is 10.0 Å². The predicted molar refractivity (Wildman–Crippen MR) is 42.6 cm³/mol. The van der Waals surface area contributed by atoms with E-state index in [4.69, 9.17) is 20.2 Å². The van der Waals surface area contributed by atoms with E-state index in [9.17, 15) is 0 Å². The molecule has 2 rings (SSSR count). The largest absolute Gasteiger partial charge is 0.897 e. The van der Waals surface area contributed by atoms with Crippen LogP contribution in [0.1, 0.15) is 0 Å². The molecule has 2 N–H and O–H groups in total. The van der Waals surface area contributed by atoms with Crippen molar-refractivity contribution >= 4 is 7.25 Å². The fraction of sp³-hybridized carbons (Fsp3) is 0. The number of hydrogen-bond donors (Lipinski definition) is 2. The highest BCUT2D eigenvalue weighted by Gasteiger charge is 2.26. The summed E-state index contributed by atoms with van der Waals surface area (Å²) in [7, 11) is -2.43. The monoisotopic (exact) mass is 167 g/mol. The second-order valence-corrected chi connectivity index (χ2v) is 2.21. The van der Waals surface area contributed by atoms with Gasteiger partial charge in [-0.25, -0.2) is 0 Å². The van der Waals surface area contributed by atoms with Crippen molar-refractivity contribution in [3.8, 4) is 11.1 Å². The van der Waals surface area contributed by atoms with Gasteiger partial charge in [0.1, 0.15) is 0 Å². The third-order valence-corrected chi connectivity index (χ3v) is 1.30. The standard InChI is InChI=1S/C6H4.BH2NO4/c1-2-5-4-6(5)3-1;3-1(4)2(5)6/h1-4H;3-4H. The fourth-order valence-electron chi connectivity index (χ4n) is 0.676. The van der Waals surface area contributed by atoms with Gasteiger partial charge in [0.05, 0.1) is 0 Å². The molecule has 0 fully saturated rings. The summed E-state index contributed by atoms with van der Waals surface area (Å²) < 4.78 is 0. The Labute approximate surface area is 68.6 Å². The van der Waals surface area contributed by atoms with Gasteiger partial charge in [0.25, 0.3) is 0 Å². The van der Waals surface area contributed by atoms with Gasteiger partial charge in [-0.1, -0.05) is 18.2 Å². The zero-order chi connectivity index (χ0) is 9.14. The number of nitro groups is 1. The first-order valence-corrected chi connectivity index (χ1v) is 3.21. The second kappa shape index (κ2) is 3.33. The number of nitrogens with zero attached hydrogens (tertiary/aromatic N) is 1. The normalized spacial score (nSPS) is 9.50. The molecule has 62 valence electrons. The van der Waals surface area contributed by atoms with E-state index in [0.29, 0.717) is 0 Å². The molecule has 0 heterocycles. The molecule has 2 aliphatic carbocycles. The Balaban J connectivity index is 0.000000120. The van der Waals surface area contributed by atoms with Crippen molar-refractivity contribution in [1.29, 1.82) is 0 Å². The lowest BCUT2D eigenvalue weighted by Gasteiger charge is -1.78. The van der Waals surface area contributed by atoms with Crippen molar-refractivity contribution in [2.24, 2.45) is 0 Å². The van der Waals surface area contributed by atoms with Crippen LogP contribution in [-0.4, -0.2) is 22.1 Å². The zero-order valence-electron chi connectivity index (χ0n) is 6.04. The molecule has 0 aromatic heterocycles. The van der Waals surface area contributed by atoms with Crippen LogP contribution in [0.25, 0.3) is 11.1 Å². The molecule has 0 unspecified atom stereocenters. The summed E-state index contributed by atoms with van der Waals surface area (Å²) in [6.07, 6.45) is 0. The number of benzene rings is 1. The van der Waals surface area contributed by atoms with Crippen LogP contribution in [-0.2, 0) is 0 Å². The summed E-state index contributed by atoms with van der Waals surface area (Å²) in [4.78, 5) is 7.78. The smallest absolute Gasteiger partial charge is 0.358 e. The van der Waals surface area contributed by atoms with E-state index in [1.165, 1.54) is 11.1 Å². The molecule has 6 heteroatoms. The van der Waals surface area contributed by atoms with E-state index < -0.39 is 12.1 Å². The van der Waals surface area contributed by atoms with Crippen molar-refractivity contribution in [1.82, 2.24) is 0 Å². The summed E-state index contributed by atoms with van der Waals surface area (Å²) in [5.74, 6) is 0. The average molecular weight is 167 g/mol. The van der Waals surface area contributed by atoms with Crippen LogP contribution in [0.5, 0.6) is 0 Å². The van der Waals surface area contributed by atoms with Crippen molar-refractivity contribution < 1.29 is 14.9 Å². The van der Waals surface area contributed by atoms with E-state index in [0.717, 1.165) is 0 Å². The molecule has 2 aliphatic rings. The van der Waals surface area contributed by atoms with Crippen molar-refractivity contribution in [3.05, 3.63) is 34.4 Å². The molecule has 12 heavy (non-hydrogen) atoms. The summed E-state index contributed by atoms with van der Waals surface area (Å²) in [6.45, 7) is 0. The average Bonchev–Trinajstić information content (AvgIpc) is 2.60. The Kier molecular flexibility index (Phi) is 2.42. The van der Waals surface area contributed by atoms with E-state index in [1.54, 1.807) is 0 Å². The first-order chi connectivity index (χ1) is 5.61. The molecule has 0 aromatic rings. The van der Waals surface area contributed by atoms with Crippen LogP contribution in [0, 0.1) is 10.1 Å². The molecule has 0 amide bonds. The number of rotatable bonds is 1. The van der Waals surface area contributed by atoms with Crippen LogP contribution in [0.3, 0.4) is 0 Å². The quantitative estimate of drug-likeness (QED) is 0.352. The Morgan fingerprint density at radius 2 is 1.75 bits per heavy atom. The number of hydrogen-bond acceptors (Lipinski definition) is 4. The third kappa shape index (κ3) is 2.33. The van der Waals surface area contributed by atoms with Gasteiger partial charge >= 0.3 is 7.25 Å². The van der Waals surface area contributed by atoms with Crippen LogP contribution in [0.15, 0.2) is 24.3 Å². The molecule has 0 aliphatic heterocycles. The lowest BCUT2D eigenvalue weighted by Crippen LogP contribution is -2.23. The summed E-state index contributed by atoms with van der Waals surface area (Å²) >= 11 is 0. The molecule has 0 bridgehead atoms. The Hall–Kier alpha value is -1.40. The third-order valence-electron chi connectivity index (χ3n) is 1.30. The van der Waals surface area contributed by atoms with E-state index in [-0.39, 0.29) is 0 Å². The topological polar surface area (TPSA) is 83.6 Å². The van der Waals surface area contributed by atoms with Gasteiger partial charge in [-0.15, -0.1) is 0 Å². The molecule has 0 atom stereocenters. The Morgan fingerprint density at radius 1 is 1.33 bits per heavy atom. The minimum atomic E-state index is -2.43. The van der Waals surface area contributed by atoms with Crippen LogP contribution in [0.4, 0.5) is 0 Å².